The number of aromatic hydroxyl groups is 1. The van der Waals surface area contributed by atoms with Crippen LogP contribution in [-0.2, 0) is 5.41 Å². The highest BCUT2D eigenvalue weighted by Gasteiger charge is 2.20. The summed E-state index contributed by atoms with van der Waals surface area (Å²) in [7, 11) is 0. The minimum absolute atomic E-state index is 0.0584. The third-order valence-corrected chi connectivity index (χ3v) is 9.42. The molecule has 6 aromatic rings. The number of phenolic OH excluding ortho intramolecular Hbond substituents is 1. The molecule has 0 fully saturated rings. The first-order valence-electron chi connectivity index (χ1n) is 15.4. The van der Waals surface area contributed by atoms with Crippen molar-refractivity contribution in [3.63, 3.8) is 0 Å². The highest BCUT2D eigenvalue weighted by Crippen LogP contribution is 2.41. The SMILES string of the molecule is CC(C)c1cc(-c2ccnc(-c3cc(-c4cccc5sc(-c6ccccc6O)nc45)cc(C(C)(C)C)c3)c2)cc(C(C)C)c1. The van der Waals surface area contributed by atoms with E-state index >= 15 is 0 Å². The van der Waals surface area contributed by atoms with Gasteiger partial charge in [0, 0.05) is 17.3 Å². The number of fused-ring (bicyclic) bond motifs is 1. The second kappa shape index (κ2) is 11.7. The fourth-order valence-electron chi connectivity index (χ4n) is 5.59. The molecule has 6 rings (SSSR count). The van der Waals surface area contributed by atoms with Gasteiger partial charge in [0.2, 0.25) is 0 Å². The van der Waals surface area contributed by atoms with E-state index in [1.165, 1.54) is 27.8 Å². The Kier molecular flexibility index (Phi) is 7.89. The van der Waals surface area contributed by atoms with E-state index in [1.807, 2.05) is 24.4 Å². The summed E-state index contributed by atoms with van der Waals surface area (Å²) >= 11 is 1.61. The van der Waals surface area contributed by atoms with Crippen LogP contribution in [0.25, 0.3) is 54.3 Å². The Morgan fingerprint density at radius 3 is 2.02 bits per heavy atom. The number of hydrogen-bond acceptors (Lipinski definition) is 4. The summed E-state index contributed by atoms with van der Waals surface area (Å²) in [5.41, 5.74) is 12.3. The molecule has 2 aromatic heterocycles. The predicted molar refractivity (Wildman–Crippen MR) is 188 cm³/mol. The second-order valence-corrected chi connectivity index (χ2v) is 14.4. The lowest BCUT2D eigenvalue weighted by Crippen LogP contribution is -2.11. The van der Waals surface area contributed by atoms with Crippen LogP contribution in [-0.4, -0.2) is 15.1 Å². The molecule has 0 atom stereocenters. The molecular formula is C40H40N2OS. The first-order chi connectivity index (χ1) is 21.0. The number of nitrogens with zero attached hydrogens (tertiary/aromatic N) is 2. The Bertz CT molecular complexity index is 1950. The molecule has 4 aromatic carbocycles. The Labute approximate surface area is 265 Å². The standard InChI is InChI=1S/C40H40N2OS/c1-24(2)27-17-28(25(3)4)19-29(18-27)26-15-16-41-35(23-26)31-20-30(21-32(22-31)40(5,6)7)33-12-10-14-37-38(33)42-39(44-37)34-11-8-9-13-36(34)43/h8-25,43H,1-7H3. The number of benzene rings is 4. The van der Waals surface area contributed by atoms with E-state index in [1.54, 1.807) is 17.4 Å². The van der Waals surface area contributed by atoms with Gasteiger partial charge in [-0.05, 0) is 93.1 Å². The average Bonchev–Trinajstić information content (AvgIpc) is 3.45. The molecule has 222 valence electrons. The minimum Gasteiger partial charge on any atom is -0.507 e. The minimum atomic E-state index is -0.0584. The summed E-state index contributed by atoms with van der Waals surface area (Å²) in [4.78, 5) is 9.94. The van der Waals surface area contributed by atoms with Gasteiger partial charge in [0.05, 0.1) is 21.5 Å². The Morgan fingerprint density at radius 2 is 1.34 bits per heavy atom. The van der Waals surface area contributed by atoms with Gasteiger partial charge in [0.1, 0.15) is 10.8 Å². The molecule has 0 aliphatic rings. The van der Waals surface area contributed by atoms with Crippen LogP contribution in [0.2, 0.25) is 0 Å². The van der Waals surface area contributed by atoms with Crippen LogP contribution in [0.4, 0.5) is 0 Å². The van der Waals surface area contributed by atoms with Crippen LogP contribution in [0.15, 0.2) is 97.2 Å². The summed E-state index contributed by atoms with van der Waals surface area (Å²) in [5.74, 6) is 1.16. The lowest BCUT2D eigenvalue weighted by molar-refractivity contribution is 0.477. The van der Waals surface area contributed by atoms with Gasteiger partial charge in [0.25, 0.3) is 0 Å². The largest absolute Gasteiger partial charge is 0.507 e. The van der Waals surface area contributed by atoms with Crippen LogP contribution in [0.3, 0.4) is 0 Å². The van der Waals surface area contributed by atoms with Gasteiger partial charge >= 0.3 is 0 Å². The van der Waals surface area contributed by atoms with E-state index in [0.29, 0.717) is 11.8 Å². The van der Waals surface area contributed by atoms with E-state index in [2.05, 4.69) is 115 Å². The molecule has 0 aliphatic heterocycles. The molecule has 0 aliphatic carbocycles. The van der Waals surface area contributed by atoms with Crippen molar-refractivity contribution in [1.82, 2.24) is 9.97 Å². The molecule has 0 unspecified atom stereocenters. The number of thiazole rings is 1. The zero-order valence-electron chi connectivity index (χ0n) is 26.6. The number of phenols is 1. The van der Waals surface area contributed by atoms with Crippen molar-refractivity contribution in [2.24, 2.45) is 0 Å². The van der Waals surface area contributed by atoms with Gasteiger partial charge in [-0.2, -0.15) is 0 Å². The van der Waals surface area contributed by atoms with E-state index in [0.717, 1.165) is 43.2 Å². The highest BCUT2D eigenvalue weighted by atomic mass is 32.1. The lowest BCUT2D eigenvalue weighted by atomic mass is 9.83. The Balaban J connectivity index is 1.50. The lowest BCUT2D eigenvalue weighted by Gasteiger charge is -2.22. The maximum Gasteiger partial charge on any atom is 0.128 e. The van der Waals surface area contributed by atoms with Crippen molar-refractivity contribution in [3.05, 3.63) is 114 Å². The Hall–Kier alpha value is -4.28. The summed E-state index contributed by atoms with van der Waals surface area (Å²) in [6, 6.07) is 32.0. The van der Waals surface area contributed by atoms with Gasteiger partial charge in [-0.3, -0.25) is 4.98 Å². The number of pyridine rings is 1. The van der Waals surface area contributed by atoms with Crippen LogP contribution >= 0.6 is 11.3 Å². The number of para-hydroxylation sites is 2. The average molecular weight is 597 g/mol. The van der Waals surface area contributed by atoms with Crippen molar-refractivity contribution >= 4 is 21.6 Å². The quantitative estimate of drug-likeness (QED) is 0.208. The first-order valence-corrected chi connectivity index (χ1v) is 16.2. The van der Waals surface area contributed by atoms with E-state index < -0.39 is 0 Å². The maximum atomic E-state index is 10.5. The summed E-state index contributed by atoms with van der Waals surface area (Å²) in [5, 5.41) is 11.3. The third kappa shape index (κ3) is 5.92. The van der Waals surface area contributed by atoms with Crippen molar-refractivity contribution in [3.8, 4) is 49.8 Å². The smallest absolute Gasteiger partial charge is 0.128 e. The molecule has 0 bridgehead atoms. The fraction of sp³-hybridized carbons (Fsp3) is 0.250. The van der Waals surface area contributed by atoms with Gasteiger partial charge in [-0.15, -0.1) is 11.3 Å². The summed E-state index contributed by atoms with van der Waals surface area (Å²) in [6.07, 6.45) is 1.94. The number of hydrogen-bond donors (Lipinski definition) is 1. The van der Waals surface area contributed by atoms with Crippen molar-refractivity contribution in [2.75, 3.05) is 0 Å². The summed E-state index contributed by atoms with van der Waals surface area (Å²) in [6.45, 7) is 15.8. The molecule has 4 heteroatoms. The van der Waals surface area contributed by atoms with Crippen LogP contribution in [0.1, 0.15) is 77.0 Å². The number of aromatic nitrogens is 2. The molecule has 0 spiro atoms. The molecule has 0 saturated carbocycles. The van der Waals surface area contributed by atoms with E-state index in [9.17, 15) is 5.11 Å². The molecule has 0 amide bonds. The predicted octanol–water partition coefficient (Wildman–Crippen LogP) is 11.6. The third-order valence-electron chi connectivity index (χ3n) is 8.36. The molecule has 3 nitrogen and oxygen atoms in total. The van der Waals surface area contributed by atoms with Crippen molar-refractivity contribution in [2.45, 2.75) is 65.7 Å². The van der Waals surface area contributed by atoms with Gasteiger partial charge in [-0.1, -0.05) is 97.0 Å². The van der Waals surface area contributed by atoms with Gasteiger partial charge < -0.3 is 5.11 Å². The highest BCUT2D eigenvalue weighted by molar-refractivity contribution is 7.21. The summed E-state index contributed by atoms with van der Waals surface area (Å²) < 4.78 is 1.09. The normalized spacial score (nSPS) is 12.0. The molecule has 2 heterocycles. The fourth-order valence-corrected chi connectivity index (χ4v) is 6.62. The molecule has 0 saturated heterocycles. The van der Waals surface area contributed by atoms with E-state index in [4.69, 9.17) is 9.97 Å². The zero-order chi connectivity index (χ0) is 31.2. The van der Waals surface area contributed by atoms with E-state index in [-0.39, 0.29) is 11.2 Å². The molecule has 44 heavy (non-hydrogen) atoms. The monoisotopic (exact) mass is 596 g/mol. The second-order valence-electron chi connectivity index (χ2n) is 13.4. The van der Waals surface area contributed by atoms with Crippen LogP contribution in [0, 0.1) is 0 Å². The first kappa shape index (κ1) is 29.8. The van der Waals surface area contributed by atoms with Crippen LogP contribution in [0.5, 0.6) is 5.75 Å². The number of rotatable bonds is 6. The van der Waals surface area contributed by atoms with Crippen molar-refractivity contribution in [1.29, 1.82) is 0 Å². The molecule has 1 N–H and O–H groups in total. The molecular weight excluding hydrogens is 557 g/mol. The molecule has 0 radical (unpaired) electrons. The Morgan fingerprint density at radius 1 is 0.659 bits per heavy atom. The van der Waals surface area contributed by atoms with Gasteiger partial charge in [-0.25, -0.2) is 4.98 Å². The van der Waals surface area contributed by atoms with Crippen molar-refractivity contribution < 1.29 is 5.11 Å². The zero-order valence-corrected chi connectivity index (χ0v) is 27.5. The van der Waals surface area contributed by atoms with Gasteiger partial charge in [0.15, 0.2) is 0 Å². The van der Waals surface area contributed by atoms with Crippen LogP contribution < -0.4 is 0 Å². The topological polar surface area (TPSA) is 46.0 Å². The maximum absolute atomic E-state index is 10.5.